The maximum Gasteiger partial charge on any atom is 0.131 e. The zero-order valence-electron chi connectivity index (χ0n) is 7.57. The van der Waals surface area contributed by atoms with E-state index in [-0.39, 0.29) is 19.5 Å². The summed E-state index contributed by atoms with van der Waals surface area (Å²) in [4.78, 5) is 0. The molecule has 0 fully saturated rings. The summed E-state index contributed by atoms with van der Waals surface area (Å²) in [7, 11) is 0. The third kappa shape index (κ3) is 4.75. The van der Waals surface area contributed by atoms with Crippen LogP contribution in [0.2, 0.25) is 0 Å². The first-order valence-electron chi connectivity index (χ1n) is 3.71. The van der Waals surface area contributed by atoms with Gasteiger partial charge in [0.2, 0.25) is 0 Å². The number of thiocarbonyl (C=S) groups is 1. The third-order valence-corrected chi connectivity index (χ3v) is 2.71. The molecule has 0 aliphatic heterocycles. The van der Waals surface area contributed by atoms with E-state index in [1.807, 2.05) is 18.2 Å². The largest absolute Gasteiger partial charge is 0.385 e. The van der Waals surface area contributed by atoms with Crippen molar-refractivity contribution >= 4 is 28.3 Å². The van der Waals surface area contributed by atoms with Crippen molar-refractivity contribution in [2.24, 2.45) is 5.73 Å². The summed E-state index contributed by atoms with van der Waals surface area (Å²) in [6, 6.07) is 10.2. The predicted molar refractivity (Wildman–Crippen MR) is 59.2 cm³/mol. The first kappa shape index (κ1) is 13.1. The van der Waals surface area contributed by atoms with Gasteiger partial charge in [0, 0.05) is 24.7 Å². The Labute approximate surface area is 101 Å². The second-order valence-corrected chi connectivity index (χ2v) is 4.57. The molecule has 1 unspecified atom stereocenters. The standard InChI is InChI=1S/C9H11NS2.Zn/c1-7(12-9(10)11)8-5-3-2-4-6-8;/h2-7H,1H3,(H2,10,11);. The summed E-state index contributed by atoms with van der Waals surface area (Å²) in [5.74, 6) is 0. The van der Waals surface area contributed by atoms with Gasteiger partial charge in [0.15, 0.2) is 0 Å². The van der Waals surface area contributed by atoms with Crippen LogP contribution in [0.15, 0.2) is 30.3 Å². The van der Waals surface area contributed by atoms with E-state index in [2.05, 4.69) is 19.1 Å². The van der Waals surface area contributed by atoms with Crippen molar-refractivity contribution in [3.63, 3.8) is 0 Å². The fourth-order valence-electron chi connectivity index (χ4n) is 0.966. The Morgan fingerprint density at radius 3 is 2.38 bits per heavy atom. The van der Waals surface area contributed by atoms with Gasteiger partial charge < -0.3 is 5.73 Å². The van der Waals surface area contributed by atoms with E-state index in [4.69, 9.17) is 18.0 Å². The van der Waals surface area contributed by atoms with Gasteiger partial charge in [0.05, 0.1) is 0 Å². The normalized spacial score (nSPS) is 11.5. The van der Waals surface area contributed by atoms with E-state index >= 15 is 0 Å². The zero-order chi connectivity index (χ0) is 8.97. The average molecular weight is 263 g/mol. The van der Waals surface area contributed by atoms with Gasteiger partial charge in [0.25, 0.3) is 0 Å². The summed E-state index contributed by atoms with van der Waals surface area (Å²) < 4.78 is 0.506. The molecule has 1 aromatic carbocycles. The summed E-state index contributed by atoms with van der Waals surface area (Å²) >= 11 is 6.33. The molecule has 4 heteroatoms. The maximum atomic E-state index is 5.43. The Morgan fingerprint density at radius 2 is 1.92 bits per heavy atom. The van der Waals surface area contributed by atoms with Crippen molar-refractivity contribution in [1.29, 1.82) is 0 Å². The number of hydrogen-bond donors (Lipinski definition) is 1. The fraction of sp³-hybridized carbons (Fsp3) is 0.222. The van der Waals surface area contributed by atoms with Gasteiger partial charge in [0.1, 0.15) is 4.32 Å². The van der Waals surface area contributed by atoms with E-state index < -0.39 is 0 Å². The molecule has 1 rings (SSSR count). The minimum absolute atomic E-state index is 0. The molecular formula is C9H11NS2Zn. The molecule has 0 aromatic heterocycles. The summed E-state index contributed by atoms with van der Waals surface area (Å²) in [5, 5.41) is 0.351. The number of rotatable bonds is 2. The Balaban J connectivity index is 0.00000144. The van der Waals surface area contributed by atoms with Crippen molar-refractivity contribution in [2.45, 2.75) is 12.2 Å². The molecule has 66 valence electrons. The molecule has 0 amide bonds. The smallest absolute Gasteiger partial charge is 0.131 e. The number of hydrogen-bond acceptors (Lipinski definition) is 2. The van der Waals surface area contributed by atoms with Crippen LogP contribution < -0.4 is 5.73 Å². The molecule has 0 aliphatic rings. The van der Waals surface area contributed by atoms with E-state index in [1.54, 1.807) is 0 Å². The van der Waals surface area contributed by atoms with E-state index in [9.17, 15) is 0 Å². The van der Waals surface area contributed by atoms with Crippen LogP contribution in [-0.2, 0) is 19.5 Å². The van der Waals surface area contributed by atoms with E-state index in [1.165, 1.54) is 17.3 Å². The molecule has 0 saturated carbocycles. The molecule has 0 saturated heterocycles. The first-order chi connectivity index (χ1) is 5.70. The van der Waals surface area contributed by atoms with Crippen molar-refractivity contribution in [3.8, 4) is 0 Å². The van der Waals surface area contributed by atoms with Crippen LogP contribution in [0.5, 0.6) is 0 Å². The number of thioether (sulfide) groups is 1. The Kier molecular flexibility index (Phi) is 6.57. The summed E-state index contributed by atoms with van der Waals surface area (Å²) in [6.07, 6.45) is 0. The van der Waals surface area contributed by atoms with Gasteiger partial charge in [-0.25, -0.2) is 0 Å². The molecule has 2 N–H and O–H groups in total. The van der Waals surface area contributed by atoms with Gasteiger partial charge >= 0.3 is 0 Å². The topological polar surface area (TPSA) is 26.0 Å². The fourth-order valence-corrected chi connectivity index (χ4v) is 2.04. The molecule has 1 atom stereocenters. The first-order valence-corrected chi connectivity index (χ1v) is 5.00. The quantitative estimate of drug-likeness (QED) is 0.656. The van der Waals surface area contributed by atoms with Crippen molar-refractivity contribution in [1.82, 2.24) is 0 Å². The Bertz CT molecular complexity index is 264. The van der Waals surface area contributed by atoms with Crippen molar-refractivity contribution < 1.29 is 19.5 Å². The molecule has 0 aliphatic carbocycles. The zero-order valence-corrected chi connectivity index (χ0v) is 12.2. The third-order valence-electron chi connectivity index (χ3n) is 1.56. The molecule has 0 spiro atoms. The van der Waals surface area contributed by atoms with E-state index in [0.717, 1.165) is 0 Å². The second kappa shape index (κ2) is 6.52. The number of nitrogens with two attached hydrogens (primary N) is 1. The van der Waals surface area contributed by atoms with Crippen molar-refractivity contribution in [3.05, 3.63) is 35.9 Å². The van der Waals surface area contributed by atoms with Gasteiger partial charge in [-0.05, 0) is 12.5 Å². The molecule has 1 nitrogen and oxygen atoms in total. The molecular weight excluding hydrogens is 252 g/mol. The van der Waals surface area contributed by atoms with Crippen LogP contribution in [0.4, 0.5) is 0 Å². The average Bonchev–Trinajstić information content (AvgIpc) is 2.05. The monoisotopic (exact) mass is 261 g/mol. The van der Waals surface area contributed by atoms with Crippen LogP contribution in [0, 0.1) is 0 Å². The van der Waals surface area contributed by atoms with Gasteiger partial charge in [-0.3, -0.25) is 0 Å². The second-order valence-electron chi connectivity index (χ2n) is 2.49. The van der Waals surface area contributed by atoms with E-state index in [0.29, 0.717) is 9.57 Å². The molecule has 13 heavy (non-hydrogen) atoms. The van der Waals surface area contributed by atoms with Crippen molar-refractivity contribution in [2.75, 3.05) is 0 Å². The SMILES string of the molecule is CC(SC(N)=S)c1ccccc1.[Zn]. The molecule has 0 radical (unpaired) electrons. The van der Waals surface area contributed by atoms with Crippen LogP contribution >= 0.6 is 24.0 Å². The maximum absolute atomic E-state index is 5.43. The Morgan fingerprint density at radius 1 is 1.38 bits per heavy atom. The molecule has 1 aromatic rings. The van der Waals surface area contributed by atoms with Gasteiger partial charge in [-0.2, -0.15) is 0 Å². The molecule has 0 bridgehead atoms. The van der Waals surface area contributed by atoms with Crippen LogP contribution in [0.1, 0.15) is 17.7 Å². The minimum Gasteiger partial charge on any atom is -0.385 e. The van der Waals surface area contributed by atoms with Gasteiger partial charge in [-0.15, -0.1) is 0 Å². The van der Waals surface area contributed by atoms with Crippen LogP contribution in [0.3, 0.4) is 0 Å². The summed E-state index contributed by atoms with van der Waals surface area (Å²) in [5.41, 5.74) is 6.68. The van der Waals surface area contributed by atoms with Crippen LogP contribution in [0.25, 0.3) is 0 Å². The summed E-state index contributed by atoms with van der Waals surface area (Å²) in [6.45, 7) is 2.10. The van der Waals surface area contributed by atoms with Gasteiger partial charge in [-0.1, -0.05) is 54.3 Å². The minimum atomic E-state index is 0. The Hall–Kier alpha value is 0.0834. The van der Waals surface area contributed by atoms with Crippen LogP contribution in [-0.4, -0.2) is 4.32 Å². The predicted octanol–water partition coefficient (Wildman–Crippen LogP) is 2.72. The molecule has 0 heterocycles. The number of benzene rings is 1.